The van der Waals surface area contributed by atoms with Crippen LogP contribution in [0.5, 0.6) is 0 Å². The summed E-state index contributed by atoms with van der Waals surface area (Å²) in [6.45, 7) is 2.69. The molecule has 1 amide bonds. The highest BCUT2D eigenvalue weighted by Crippen LogP contribution is 2.35. The second-order valence-corrected chi connectivity index (χ2v) is 4.20. The predicted octanol–water partition coefficient (Wildman–Crippen LogP) is 0.976. The van der Waals surface area contributed by atoms with Crippen molar-refractivity contribution in [3.05, 3.63) is 0 Å². The van der Waals surface area contributed by atoms with Gasteiger partial charge in [-0.3, -0.25) is 9.59 Å². The zero-order chi connectivity index (χ0) is 9.42. The van der Waals surface area contributed by atoms with Crippen LogP contribution in [0, 0.1) is 5.92 Å². The Morgan fingerprint density at radius 1 is 1.46 bits per heavy atom. The lowest BCUT2D eigenvalue weighted by Gasteiger charge is -2.23. The van der Waals surface area contributed by atoms with Gasteiger partial charge in [0.1, 0.15) is 0 Å². The van der Waals surface area contributed by atoms with Gasteiger partial charge >= 0.3 is 0 Å². The van der Waals surface area contributed by atoms with Crippen molar-refractivity contribution in [2.45, 2.75) is 38.6 Å². The van der Waals surface area contributed by atoms with Crippen molar-refractivity contribution in [2.75, 3.05) is 6.54 Å². The summed E-state index contributed by atoms with van der Waals surface area (Å²) in [5, 5.41) is 0. The lowest BCUT2D eigenvalue weighted by molar-refractivity contribution is -0.141. The lowest BCUT2D eigenvalue weighted by atomic mass is 10.1. The molecule has 1 heterocycles. The molecule has 1 aliphatic carbocycles. The van der Waals surface area contributed by atoms with E-state index in [0.29, 0.717) is 13.0 Å². The quantitative estimate of drug-likeness (QED) is 0.608. The van der Waals surface area contributed by atoms with Crippen LogP contribution >= 0.6 is 0 Å². The predicted molar refractivity (Wildman–Crippen MR) is 48.1 cm³/mol. The number of hydrogen-bond acceptors (Lipinski definition) is 2. The Labute approximate surface area is 78.1 Å². The maximum Gasteiger partial charge on any atom is 0.290 e. The molecule has 0 spiro atoms. The molecule has 0 radical (unpaired) electrons. The van der Waals surface area contributed by atoms with E-state index in [1.807, 2.05) is 0 Å². The van der Waals surface area contributed by atoms with E-state index in [9.17, 15) is 9.59 Å². The number of ketones is 1. The molecule has 13 heavy (non-hydrogen) atoms. The van der Waals surface area contributed by atoms with Gasteiger partial charge in [0.2, 0.25) is 5.78 Å². The van der Waals surface area contributed by atoms with Gasteiger partial charge in [-0.1, -0.05) is 12.8 Å². The molecule has 1 saturated heterocycles. The Kier molecular flexibility index (Phi) is 2.10. The zero-order valence-electron chi connectivity index (χ0n) is 7.95. The van der Waals surface area contributed by atoms with Gasteiger partial charge in [-0.15, -0.1) is 0 Å². The van der Waals surface area contributed by atoms with Crippen LogP contribution < -0.4 is 0 Å². The third-order valence-corrected chi connectivity index (χ3v) is 2.98. The fraction of sp³-hybridized carbons (Fsp3) is 0.800. The second-order valence-electron chi connectivity index (χ2n) is 4.20. The summed E-state index contributed by atoms with van der Waals surface area (Å²) in [5.74, 6) is 0.356. The van der Waals surface area contributed by atoms with Gasteiger partial charge in [0, 0.05) is 19.0 Å². The summed E-state index contributed by atoms with van der Waals surface area (Å²) in [4.78, 5) is 24.1. The summed E-state index contributed by atoms with van der Waals surface area (Å²) in [6.07, 6.45) is 4.12. The number of Topliss-reactive ketones (excluding diaryl/α,β-unsaturated/α-hetero) is 1. The second kappa shape index (κ2) is 3.13. The van der Waals surface area contributed by atoms with Crippen LogP contribution in [0.4, 0.5) is 0 Å². The molecule has 3 nitrogen and oxygen atoms in total. The third-order valence-electron chi connectivity index (χ3n) is 2.98. The van der Waals surface area contributed by atoms with E-state index in [1.165, 1.54) is 12.8 Å². The van der Waals surface area contributed by atoms with E-state index >= 15 is 0 Å². The first-order valence-electron chi connectivity index (χ1n) is 5.02. The van der Waals surface area contributed by atoms with Gasteiger partial charge in [0.05, 0.1) is 0 Å². The van der Waals surface area contributed by atoms with Crippen LogP contribution in [0.15, 0.2) is 0 Å². The van der Waals surface area contributed by atoms with E-state index in [0.717, 1.165) is 12.3 Å². The Hall–Kier alpha value is -0.860. The number of nitrogens with zero attached hydrogens (tertiary/aromatic N) is 1. The summed E-state index contributed by atoms with van der Waals surface area (Å²) in [7, 11) is 0. The zero-order valence-corrected chi connectivity index (χ0v) is 7.95. The molecule has 1 aliphatic heterocycles. The van der Waals surface area contributed by atoms with Gasteiger partial charge in [-0.05, 0) is 19.3 Å². The summed E-state index contributed by atoms with van der Waals surface area (Å²) >= 11 is 0. The highest BCUT2D eigenvalue weighted by atomic mass is 16.2. The molecule has 0 bridgehead atoms. The normalized spacial score (nSPS) is 25.5. The molecule has 2 aliphatic rings. The molecule has 0 aromatic carbocycles. The number of carbonyl (C=O) groups is 2. The minimum Gasteiger partial charge on any atom is -0.333 e. The summed E-state index contributed by atoms with van der Waals surface area (Å²) in [6, 6.07) is 0.270. The Morgan fingerprint density at radius 3 is 2.62 bits per heavy atom. The molecular weight excluding hydrogens is 166 g/mol. The first kappa shape index (κ1) is 8.73. The molecule has 1 saturated carbocycles. The topological polar surface area (TPSA) is 37.4 Å². The molecular formula is C10H15NO2. The number of carbonyl (C=O) groups excluding carboxylic acids is 2. The van der Waals surface area contributed by atoms with Crippen LogP contribution in [0.1, 0.15) is 32.6 Å². The minimum absolute atomic E-state index is 0.206. The van der Waals surface area contributed by atoms with Crippen LogP contribution in [0.25, 0.3) is 0 Å². The fourth-order valence-electron chi connectivity index (χ4n) is 1.97. The highest BCUT2D eigenvalue weighted by Gasteiger charge is 2.34. The van der Waals surface area contributed by atoms with Gasteiger partial charge < -0.3 is 4.90 Å². The molecule has 72 valence electrons. The average molecular weight is 181 g/mol. The van der Waals surface area contributed by atoms with Crippen molar-refractivity contribution in [2.24, 2.45) is 5.92 Å². The highest BCUT2D eigenvalue weighted by molar-refractivity contribution is 6.37. The van der Waals surface area contributed by atoms with Crippen molar-refractivity contribution < 1.29 is 9.59 Å². The number of likely N-dealkylation sites (tertiary alicyclic amines) is 1. The van der Waals surface area contributed by atoms with Crippen LogP contribution in [-0.4, -0.2) is 29.2 Å². The van der Waals surface area contributed by atoms with Crippen molar-refractivity contribution in [1.29, 1.82) is 0 Å². The standard InChI is InChI=1S/C10H15NO2/c1-7(6-8-2-3-8)11-5-4-9(12)10(11)13/h7-8H,2-6H2,1H3. The van der Waals surface area contributed by atoms with E-state index < -0.39 is 0 Å². The first-order valence-corrected chi connectivity index (χ1v) is 5.02. The maximum atomic E-state index is 11.3. The van der Waals surface area contributed by atoms with Gasteiger partial charge in [0.15, 0.2) is 0 Å². The van der Waals surface area contributed by atoms with E-state index in [-0.39, 0.29) is 17.7 Å². The Balaban J connectivity index is 1.91. The van der Waals surface area contributed by atoms with E-state index in [2.05, 4.69) is 6.92 Å². The van der Waals surface area contributed by atoms with Gasteiger partial charge in [-0.25, -0.2) is 0 Å². The maximum absolute atomic E-state index is 11.3. The number of hydrogen-bond donors (Lipinski definition) is 0. The number of amides is 1. The van der Waals surface area contributed by atoms with Gasteiger partial charge in [-0.2, -0.15) is 0 Å². The van der Waals surface area contributed by atoms with Gasteiger partial charge in [0.25, 0.3) is 5.91 Å². The first-order chi connectivity index (χ1) is 6.18. The van der Waals surface area contributed by atoms with E-state index in [1.54, 1.807) is 4.90 Å². The lowest BCUT2D eigenvalue weighted by Crippen LogP contribution is -2.36. The minimum atomic E-state index is -0.256. The van der Waals surface area contributed by atoms with Crippen LogP contribution in [-0.2, 0) is 9.59 Å². The van der Waals surface area contributed by atoms with Crippen molar-refractivity contribution in [3.8, 4) is 0 Å². The van der Waals surface area contributed by atoms with Crippen LogP contribution in [0.2, 0.25) is 0 Å². The fourth-order valence-corrected chi connectivity index (χ4v) is 1.97. The summed E-state index contributed by atoms with van der Waals surface area (Å²) < 4.78 is 0. The van der Waals surface area contributed by atoms with Crippen molar-refractivity contribution in [3.63, 3.8) is 0 Å². The molecule has 3 heteroatoms. The SMILES string of the molecule is CC(CC1CC1)N1CCC(=O)C1=O. The smallest absolute Gasteiger partial charge is 0.290 e. The summed E-state index contributed by atoms with van der Waals surface area (Å²) in [5.41, 5.74) is 0. The molecule has 0 aromatic rings. The molecule has 0 N–H and O–H groups in total. The average Bonchev–Trinajstić information content (AvgIpc) is 2.82. The van der Waals surface area contributed by atoms with E-state index in [4.69, 9.17) is 0 Å². The van der Waals surface area contributed by atoms with Crippen molar-refractivity contribution in [1.82, 2.24) is 4.90 Å². The van der Waals surface area contributed by atoms with Crippen LogP contribution in [0.3, 0.4) is 0 Å². The monoisotopic (exact) mass is 181 g/mol. The third kappa shape index (κ3) is 1.74. The number of rotatable bonds is 3. The largest absolute Gasteiger partial charge is 0.333 e. The molecule has 2 fully saturated rings. The Bertz CT molecular complexity index is 245. The molecule has 1 atom stereocenters. The van der Waals surface area contributed by atoms with Crippen molar-refractivity contribution >= 4 is 11.7 Å². The molecule has 0 aromatic heterocycles. The molecule has 2 rings (SSSR count). The molecule has 1 unspecified atom stereocenters. The Morgan fingerprint density at radius 2 is 2.15 bits per heavy atom.